The maximum absolute atomic E-state index is 3.54. The third-order valence-corrected chi connectivity index (χ3v) is 3.12. The summed E-state index contributed by atoms with van der Waals surface area (Å²) in [5.41, 5.74) is 4.32. The fourth-order valence-electron chi connectivity index (χ4n) is 2.45. The number of anilines is 1. The van der Waals surface area contributed by atoms with Crippen molar-refractivity contribution in [2.75, 3.05) is 5.32 Å². The highest BCUT2D eigenvalue weighted by Gasteiger charge is 2.28. The van der Waals surface area contributed by atoms with Gasteiger partial charge in [-0.05, 0) is 37.5 Å². The van der Waals surface area contributed by atoms with Crippen LogP contribution in [0.25, 0.3) is 0 Å². The zero-order valence-corrected chi connectivity index (χ0v) is 8.59. The van der Waals surface area contributed by atoms with E-state index in [1.165, 1.54) is 23.2 Å². The van der Waals surface area contributed by atoms with E-state index in [0.717, 1.165) is 0 Å². The normalized spacial score (nSPS) is 25.5. The highest BCUT2D eigenvalue weighted by molar-refractivity contribution is 5.61. The van der Waals surface area contributed by atoms with Crippen molar-refractivity contribution >= 4 is 5.69 Å². The van der Waals surface area contributed by atoms with Gasteiger partial charge in [0.25, 0.3) is 0 Å². The second kappa shape index (κ2) is 3.06. The third kappa shape index (κ3) is 1.23. The first-order valence-corrected chi connectivity index (χ1v) is 5.10. The van der Waals surface area contributed by atoms with E-state index in [4.69, 9.17) is 0 Å². The van der Waals surface area contributed by atoms with Crippen LogP contribution in [0.3, 0.4) is 0 Å². The third-order valence-electron chi connectivity index (χ3n) is 3.12. The monoisotopic (exact) mass is 175 g/mol. The lowest BCUT2D eigenvalue weighted by atomic mass is 9.90. The lowest BCUT2D eigenvalue weighted by molar-refractivity contribution is 0.611. The van der Waals surface area contributed by atoms with Crippen molar-refractivity contribution in [3.05, 3.63) is 29.3 Å². The van der Waals surface area contributed by atoms with Crippen molar-refractivity contribution in [1.29, 1.82) is 0 Å². The molecule has 1 heteroatoms. The number of fused-ring (bicyclic) bond motifs is 1. The SMILES string of the molecule is CCC1c2c(C)cccc2NC1C. The Balaban J connectivity index is 2.49. The van der Waals surface area contributed by atoms with E-state index in [1.54, 1.807) is 0 Å². The fourth-order valence-corrected chi connectivity index (χ4v) is 2.45. The Morgan fingerprint density at radius 2 is 2.15 bits per heavy atom. The molecule has 2 atom stereocenters. The Bertz CT molecular complexity index is 317. The first kappa shape index (κ1) is 8.61. The molecule has 1 aromatic rings. The first-order chi connectivity index (χ1) is 6.24. The first-order valence-electron chi connectivity index (χ1n) is 5.10. The van der Waals surface area contributed by atoms with Crippen molar-refractivity contribution in [3.8, 4) is 0 Å². The molecule has 0 radical (unpaired) electrons. The van der Waals surface area contributed by atoms with Gasteiger partial charge in [-0.3, -0.25) is 0 Å². The van der Waals surface area contributed by atoms with Gasteiger partial charge in [0.15, 0.2) is 0 Å². The molecule has 0 aromatic heterocycles. The quantitative estimate of drug-likeness (QED) is 0.690. The Labute approximate surface area is 80.2 Å². The van der Waals surface area contributed by atoms with E-state index in [2.05, 4.69) is 44.3 Å². The molecule has 0 saturated carbocycles. The summed E-state index contributed by atoms with van der Waals surface area (Å²) in [5, 5.41) is 3.54. The molecular weight excluding hydrogens is 158 g/mol. The minimum absolute atomic E-state index is 0.598. The highest BCUT2D eigenvalue weighted by atomic mass is 15.0. The Morgan fingerprint density at radius 3 is 2.85 bits per heavy atom. The number of rotatable bonds is 1. The van der Waals surface area contributed by atoms with Crippen LogP contribution in [0.5, 0.6) is 0 Å². The number of hydrogen-bond donors (Lipinski definition) is 1. The molecule has 0 saturated heterocycles. The van der Waals surface area contributed by atoms with Gasteiger partial charge in [-0.25, -0.2) is 0 Å². The van der Waals surface area contributed by atoms with Crippen LogP contribution in [0.4, 0.5) is 5.69 Å². The minimum atomic E-state index is 0.598. The van der Waals surface area contributed by atoms with E-state index in [0.29, 0.717) is 12.0 Å². The molecule has 13 heavy (non-hydrogen) atoms. The fraction of sp³-hybridized carbons (Fsp3) is 0.500. The van der Waals surface area contributed by atoms with Crippen LogP contribution in [-0.2, 0) is 0 Å². The van der Waals surface area contributed by atoms with Gasteiger partial charge in [0, 0.05) is 17.6 Å². The molecule has 70 valence electrons. The van der Waals surface area contributed by atoms with Gasteiger partial charge in [0.1, 0.15) is 0 Å². The van der Waals surface area contributed by atoms with Gasteiger partial charge in [-0.1, -0.05) is 19.1 Å². The Hall–Kier alpha value is -0.980. The topological polar surface area (TPSA) is 12.0 Å². The highest BCUT2D eigenvalue weighted by Crippen LogP contribution is 2.39. The molecule has 2 unspecified atom stereocenters. The molecule has 1 N–H and O–H groups in total. The predicted octanol–water partition coefficient (Wildman–Crippen LogP) is 3.30. The summed E-state index contributed by atoms with van der Waals surface area (Å²) >= 11 is 0. The van der Waals surface area contributed by atoms with Crippen LogP contribution in [-0.4, -0.2) is 6.04 Å². The van der Waals surface area contributed by atoms with Gasteiger partial charge in [0.2, 0.25) is 0 Å². The van der Waals surface area contributed by atoms with Crippen LogP contribution < -0.4 is 5.32 Å². The van der Waals surface area contributed by atoms with Crippen LogP contribution in [0.1, 0.15) is 37.3 Å². The largest absolute Gasteiger partial charge is 0.382 e. The molecule has 1 aliphatic heterocycles. The van der Waals surface area contributed by atoms with Crippen molar-refractivity contribution in [1.82, 2.24) is 0 Å². The Kier molecular flexibility index (Phi) is 2.03. The molecular formula is C12H17N. The van der Waals surface area contributed by atoms with Crippen molar-refractivity contribution in [3.63, 3.8) is 0 Å². The molecule has 0 spiro atoms. The van der Waals surface area contributed by atoms with Crippen LogP contribution in [0.2, 0.25) is 0 Å². The van der Waals surface area contributed by atoms with Crippen molar-refractivity contribution < 1.29 is 0 Å². The molecule has 1 nitrogen and oxygen atoms in total. The second-order valence-electron chi connectivity index (χ2n) is 3.98. The van der Waals surface area contributed by atoms with Gasteiger partial charge in [-0.2, -0.15) is 0 Å². The van der Waals surface area contributed by atoms with E-state index in [1.807, 2.05) is 0 Å². The average molecular weight is 175 g/mol. The molecule has 1 aromatic carbocycles. The predicted molar refractivity (Wildman–Crippen MR) is 57.3 cm³/mol. The maximum atomic E-state index is 3.54. The van der Waals surface area contributed by atoms with E-state index >= 15 is 0 Å². The minimum Gasteiger partial charge on any atom is -0.382 e. The van der Waals surface area contributed by atoms with Crippen LogP contribution >= 0.6 is 0 Å². The molecule has 0 amide bonds. The number of aryl methyl sites for hydroxylation is 1. The van der Waals surface area contributed by atoms with E-state index in [9.17, 15) is 0 Å². The number of hydrogen-bond acceptors (Lipinski definition) is 1. The average Bonchev–Trinajstić information content (AvgIpc) is 2.42. The van der Waals surface area contributed by atoms with E-state index < -0.39 is 0 Å². The summed E-state index contributed by atoms with van der Waals surface area (Å²) in [6.45, 7) is 6.75. The summed E-state index contributed by atoms with van der Waals surface area (Å²) < 4.78 is 0. The van der Waals surface area contributed by atoms with Crippen molar-refractivity contribution in [2.45, 2.75) is 39.2 Å². The molecule has 0 aliphatic carbocycles. The van der Waals surface area contributed by atoms with Crippen molar-refractivity contribution in [2.24, 2.45) is 0 Å². The van der Waals surface area contributed by atoms with Crippen LogP contribution in [0, 0.1) is 6.92 Å². The number of nitrogens with one attached hydrogen (secondary N) is 1. The van der Waals surface area contributed by atoms with Gasteiger partial charge in [0.05, 0.1) is 0 Å². The molecule has 1 heterocycles. The van der Waals surface area contributed by atoms with Gasteiger partial charge >= 0.3 is 0 Å². The molecule has 2 rings (SSSR count). The summed E-state index contributed by atoms with van der Waals surface area (Å²) in [5.74, 6) is 0.705. The smallest absolute Gasteiger partial charge is 0.0381 e. The van der Waals surface area contributed by atoms with Gasteiger partial charge in [-0.15, -0.1) is 0 Å². The summed E-state index contributed by atoms with van der Waals surface area (Å²) in [6.07, 6.45) is 1.23. The number of benzene rings is 1. The Morgan fingerprint density at radius 1 is 1.38 bits per heavy atom. The van der Waals surface area contributed by atoms with Gasteiger partial charge < -0.3 is 5.32 Å². The second-order valence-corrected chi connectivity index (χ2v) is 3.98. The zero-order chi connectivity index (χ0) is 9.42. The zero-order valence-electron chi connectivity index (χ0n) is 8.59. The standard InChI is InChI=1S/C12H17N/c1-4-10-9(3)13-11-7-5-6-8(2)12(10)11/h5-7,9-10,13H,4H2,1-3H3. The maximum Gasteiger partial charge on any atom is 0.0381 e. The molecule has 0 fully saturated rings. The molecule has 0 bridgehead atoms. The summed E-state index contributed by atoms with van der Waals surface area (Å²) in [6, 6.07) is 7.13. The lowest BCUT2D eigenvalue weighted by Crippen LogP contribution is -2.15. The van der Waals surface area contributed by atoms with E-state index in [-0.39, 0.29) is 0 Å². The molecule has 1 aliphatic rings. The van der Waals surface area contributed by atoms with Crippen LogP contribution in [0.15, 0.2) is 18.2 Å². The lowest BCUT2D eigenvalue weighted by Gasteiger charge is -2.14. The summed E-state index contributed by atoms with van der Waals surface area (Å²) in [4.78, 5) is 0. The summed E-state index contributed by atoms with van der Waals surface area (Å²) in [7, 11) is 0.